The van der Waals surface area contributed by atoms with Gasteiger partial charge in [-0.25, -0.2) is 4.79 Å². The van der Waals surface area contributed by atoms with Crippen molar-refractivity contribution in [2.45, 2.75) is 12.8 Å². The molecular formula is C16H14ClNO4. The lowest BCUT2D eigenvalue weighted by Crippen LogP contribution is -2.13. The average molecular weight is 320 g/mol. The molecule has 0 fully saturated rings. The highest BCUT2D eigenvalue weighted by atomic mass is 35.5. The lowest BCUT2D eigenvalue weighted by Gasteiger charge is -2.08. The van der Waals surface area contributed by atoms with Gasteiger partial charge in [0.25, 0.3) is 0 Å². The summed E-state index contributed by atoms with van der Waals surface area (Å²) in [7, 11) is 0. The van der Waals surface area contributed by atoms with Crippen molar-refractivity contribution in [3.8, 4) is 5.75 Å². The van der Waals surface area contributed by atoms with Gasteiger partial charge in [0.2, 0.25) is 5.91 Å². The first kappa shape index (κ1) is 15.9. The van der Waals surface area contributed by atoms with Crippen molar-refractivity contribution >= 4 is 29.2 Å². The van der Waals surface area contributed by atoms with E-state index in [0.29, 0.717) is 17.1 Å². The molecule has 2 rings (SSSR count). The second-order valence-electron chi connectivity index (χ2n) is 4.68. The van der Waals surface area contributed by atoms with E-state index >= 15 is 0 Å². The Bertz CT molecular complexity index is 715. The Hall–Kier alpha value is -2.53. The Morgan fingerprint density at radius 2 is 1.86 bits per heavy atom. The molecule has 5 nitrogen and oxygen atoms in total. The van der Waals surface area contributed by atoms with Gasteiger partial charge in [-0.2, -0.15) is 0 Å². The van der Waals surface area contributed by atoms with Gasteiger partial charge in [-0.3, -0.25) is 4.79 Å². The van der Waals surface area contributed by atoms with Crippen LogP contribution in [0.5, 0.6) is 5.75 Å². The zero-order valence-corrected chi connectivity index (χ0v) is 12.3. The number of carbonyl (C=O) groups excluding carboxylic acids is 1. The number of anilines is 1. The number of nitrogens with one attached hydrogen (secondary N) is 1. The Labute approximate surface area is 132 Å². The van der Waals surface area contributed by atoms with Gasteiger partial charge >= 0.3 is 5.97 Å². The molecule has 22 heavy (non-hydrogen) atoms. The zero-order valence-electron chi connectivity index (χ0n) is 11.5. The van der Waals surface area contributed by atoms with Gasteiger partial charge in [0.1, 0.15) is 11.3 Å². The number of halogens is 1. The van der Waals surface area contributed by atoms with Crippen molar-refractivity contribution in [2.24, 2.45) is 0 Å². The number of aromatic hydroxyl groups is 1. The number of amides is 1. The number of aryl methyl sites for hydroxylation is 1. The largest absolute Gasteiger partial charge is 0.507 e. The van der Waals surface area contributed by atoms with Gasteiger partial charge in [0.05, 0.1) is 0 Å². The maximum atomic E-state index is 11.9. The van der Waals surface area contributed by atoms with Crippen LogP contribution in [0.3, 0.4) is 0 Å². The standard InChI is InChI=1S/C16H14ClNO4/c17-13-4-2-1-3-10(13)5-8-15(20)18-11-6-7-14(19)12(9-11)16(21)22/h1-4,6-7,9,19H,5,8H2,(H,18,20)(H,21,22). The van der Waals surface area contributed by atoms with E-state index in [1.165, 1.54) is 18.2 Å². The molecule has 2 aromatic rings. The normalized spacial score (nSPS) is 10.2. The molecule has 3 N–H and O–H groups in total. The smallest absolute Gasteiger partial charge is 0.339 e. The van der Waals surface area contributed by atoms with Gasteiger partial charge < -0.3 is 15.5 Å². The van der Waals surface area contributed by atoms with Crippen LogP contribution in [-0.2, 0) is 11.2 Å². The van der Waals surface area contributed by atoms with E-state index in [1.54, 1.807) is 6.07 Å². The maximum Gasteiger partial charge on any atom is 0.339 e. The molecule has 0 aliphatic carbocycles. The molecule has 114 valence electrons. The monoisotopic (exact) mass is 319 g/mol. The van der Waals surface area contributed by atoms with Crippen LogP contribution in [0.4, 0.5) is 5.69 Å². The number of carboxylic acids is 1. The third kappa shape index (κ3) is 3.99. The molecular weight excluding hydrogens is 306 g/mol. The zero-order chi connectivity index (χ0) is 16.1. The van der Waals surface area contributed by atoms with E-state index in [2.05, 4.69) is 5.32 Å². The quantitative estimate of drug-likeness (QED) is 0.738. The fourth-order valence-corrected chi connectivity index (χ4v) is 2.19. The summed E-state index contributed by atoms with van der Waals surface area (Å²) in [6.45, 7) is 0. The van der Waals surface area contributed by atoms with Crippen LogP contribution in [-0.4, -0.2) is 22.1 Å². The van der Waals surface area contributed by atoms with E-state index in [4.69, 9.17) is 16.7 Å². The highest BCUT2D eigenvalue weighted by Gasteiger charge is 2.12. The van der Waals surface area contributed by atoms with Crippen molar-refractivity contribution in [3.63, 3.8) is 0 Å². The van der Waals surface area contributed by atoms with E-state index in [-0.39, 0.29) is 23.6 Å². The summed E-state index contributed by atoms with van der Waals surface area (Å²) in [5.41, 5.74) is 0.930. The molecule has 2 aromatic carbocycles. The van der Waals surface area contributed by atoms with Crippen LogP contribution in [0.2, 0.25) is 5.02 Å². The van der Waals surface area contributed by atoms with Gasteiger partial charge in [-0.1, -0.05) is 29.8 Å². The second-order valence-corrected chi connectivity index (χ2v) is 5.08. The van der Waals surface area contributed by atoms with Crippen molar-refractivity contribution in [1.29, 1.82) is 0 Å². The average Bonchev–Trinajstić information content (AvgIpc) is 2.48. The number of carboxylic acid groups (broad SMARTS) is 1. The second kappa shape index (κ2) is 6.95. The van der Waals surface area contributed by atoms with Gasteiger partial charge in [0.15, 0.2) is 0 Å². The van der Waals surface area contributed by atoms with Crippen LogP contribution < -0.4 is 5.32 Å². The van der Waals surface area contributed by atoms with Crippen molar-refractivity contribution in [1.82, 2.24) is 0 Å². The molecule has 6 heteroatoms. The number of phenols is 1. The molecule has 0 aliphatic heterocycles. The molecule has 1 amide bonds. The van der Waals surface area contributed by atoms with Crippen molar-refractivity contribution in [2.75, 3.05) is 5.32 Å². The Kier molecular flexibility index (Phi) is 5.01. The minimum absolute atomic E-state index is 0.215. The summed E-state index contributed by atoms with van der Waals surface area (Å²) in [6.07, 6.45) is 0.697. The van der Waals surface area contributed by atoms with E-state index < -0.39 is 5.97 Å². The third-order valence-electron chi connectivity index (χ3n) is 3.09. The van der Waals surface area contributed by atoms with Crippen LogP contribution in [0.1, 0.15) is 22.3 Å². The number of carbonyl (C=O) groups is 2. The highest BCUT2D eigenvalue weighted by Crippen LogP contribution is 2.22. The summed E-state index contributed by atoms with van der Waals surface area (Å²) < 4.78 is 0. The molecule has 0 saturated carbocycles. The summed E-state index contributed by atoms with van der Waals surface area (Å²) in [5, 5.41) is 21.5. The molecule has 0 aromatic heterocycles. The lowest BCUT2D eigenvalue weighted by molar-refractivity contribution is -0.116. The van der Waals surface area contributed by atoms with Crippen LogP contribution in [0.25, 0.3) is 0 Å². The fourth-order valence-electron chi connectivity index (χ4n) is 1.96. The molecule has 0 spiro atoms. The molecule has 0 unspecified atom stereocenters. The first-order valence-corrected chi connectivity index (χ1v) is 6.94. The molecule has 0 bridgehead atoms. The number of aromatic carboxylic acids is 1. The number of hydrogen-bond donors (Lipinski definition) is 3. The lowest BCUT2D eigenvalue weighted by atomic mass is 10.1. The van der Waals surface area contributed by atoms with Gasteiger partial charge in [-0.05, 0) is 36.2 Å². The number of benzene rings is 2. The Morgan fingerprint density at radius 3 is 2.55 bits per heavy atom. The Balaban J connectivity index is 1.99. The summed E-state index contributed by atoms with van der Waals surface area (Å²) in [5.74, 6) is -1.87. The first-order valence-electron chi connectivity index (χ1n) is 6.57. The summed E-state index contributed by atoms with van der Waals surface area (Å²) in [4.78, 5) is 22.8. The van der Waals surface area contributed by atoms with Crippen molar-refractivity contribution in [3.05, 3.63) is 58.6 Å². The first-order chi connectivity index (χ1) is 10.5. The minimum Gasteiger partial charge on any atom is -0.507 e. The fraction of sp³-hybridized carbons (Fsp3) is 0.125. The third-order valence-corrected chi connectivity index (χ3v) is 3.46. The minimum atomic E-state index is -1.26. The van der Waals surface area contributed by atoms with E-state index in [0.717, 1.165) is 5.56 Å². The molecule has 0 aliphatic rings. The highest BCUT2D eigenvalue weighted by molar-refractivity contribution is 6.31. The summed E-state index contributed by atoms with van der Waals surface area (Å²) >= 11 is 6.02. The van der Waals surface area contributed by atoms with E-state index in [1.807, 2.05) is 18.2 Å². The van der Waals surface area contributed by atoms with Crippen molar-refractivity contribution < 1.29 is 19.8 Å². The Morgan fingerprint density at radius 1 is 1.14 bits per heavy atom. The predicted molar refractivity (Wildman–Crippen MR) is 83.5 cm³/mol. The molecule has 0 saturated heterocycles. The van der Waals surface area contributed by atoms with Crippen LogP contribution >= 0.6 is 11.6 Å². The van der Waals surface area contributed by atoms with Crippen LogP contribution in [0.15, 0.2) is 42.5 Å². The van der Waals surface area contributed by atoms with Gasteiger partial charge in [0, 0.05) is 17.1 Å². The topological polar surface area (TPSA) is 86.6 Å². The van der Waals surface area contributed by atoms with E-state index in [9.17, 15) is 14.7 Å². The number of rotatable bonds is 5. The van der Waals surface area contributed by atoms with Crippen LogP contribution in [0, 0.1) is 0 Å². The predicted octanol–water partition coefficient (Wildman–Crippen LogP) is 3.32. The molecule has 0 heterocycles. The molecule has 0 radical (unpaired) electrons. The number of hydrogen-bond acceptors (Lipinski definition) is 3. The van der Waals surface area contributed by atoms with Gasteiger partial charge in [-0.15, -0.1) is 0 Å². The summed E-state index contributed by atoms with van der Waals surface area (Å²) in [6, 6.07) is 11.1. The SMILES string of the molecule is O=C(CCc1ccccc1Cl)Nc1ccc(O)c(C(=O)O)c1. The maximum absolute atomic E-state index is 11.9. The molecule has 0 atom stereocenters.